The van der Waals surface area contributed by atoms with Crippen LogP contribution in [-0.2, 0) is 16.1 Å². The van der Waals surface area contributed by atoms with Crippen LogP contribution in [-0.4, -0.2) is 35.9 Å². The number of carbonyl (C=O) groups excluding carboxylic acids is 1. The molecule has 0 aliphatic rings. The monoisotopic (exact) mass is 277 g/mol. The van der Waals surface area contributed by atoms with E-state index in [4.69, 9.17) is 4.42 Å². The molecule has 7 nitrogen and oxygen atoms in total. The molecule has 0 aliphatic carbocycles. The van der Waals surface area contributed by atoms with Crippen molar-refractivity contribution in [2.24, 2.45) is 0 Å². The SMILES string of the molecule is COCC(=O)NCCn1nc(-c2ccco2)ccc1=O. The zero-order chi connectivity index (χ0) is 14.4. The molecule has 2 aromatic rings. The second kappa shape index (κ2) is 6.67. The Balaban J connectivity index is 2.02. The van der Waals surface area contributed by atoms with Crippen LogP contribution in [0.1, 0.15) is 0 Å². The smallest absolute Gasteiger partial charge is 0.266 e. The van der Waals surface area contributed by atoms with Crippen LogP contribution in [0.15, 0.2) is 39.7 Å². The average Bonchev–Trinajstić information content (AvgIpc) is 2.95. The number of rotatable bonds is 6. The predicted molar refractivity (Wildman–Crippen MR) is 71.1 cm³/mol. The second-order valence-electron chi connectivity index (χ2n) is 4.04. The van der Waals surface area contributed by atoms with Crippen LogP contribution in [0.25, 0.3) is 11.5 Å². The lowest BCUT2D eigenvalue weighted by molar-refractivity contribution is -0.124. The third kappa shape index (κ3) is 3.55. The molecule has 0 aliphatic heterocycles. The Labute approximate surface area is 115 Å². The number of nitrogens with one attached hydrogen (secondary N) is 1. The van der Waals surface area contributed by atoms with E-state index in [-0.39, 0.29) is 24.6 Å². The molecule has 0 fully saturated rings. The van der Waals surface area contributed by atoms with Gasteiger partial charge >= 0.3 is 0 Å². The Kier molecular flexibility index (Phi) is 4.67. The molecular formula is C13H15N3O4. The Morgan fingerprint density at radius 3 is 3.00 bits per heavy atom. The van der Waals surface area contributed by atoms with Gasteiger partial charge in [-0.1, -0.05) is 0 Å². The molecule has 2 aromatic heterocycles. The summed E-state index contributed by atoms with van der Waals surface area (Å²) in [5, 5.41) is 6.81. The number of amides is 1. The van der Waals surface area contributed by atoms with E-state index in [1.165, 1.54) is 24.1 Å². The fourth-order valence-electron chi connectivity index (χ4n) is 1.65. The summed E-state index contributed by atoms with van der Waals surface area (Å²) < 4.78 is 11.2. The first-order valence-electron chi connectivity index (χ1n) is 6.08. The Morgan fingerprint density at radius 1 is 1.45 bits per heavy atom. The topological polar surface area (TPSA) is 86.4 Å². The Hall–Kier alpha value is -2.41. The molecule has 106 valence electrons. The first-order chi connectivity index (χ1) is 9.70. The van der Waals surface area contributed by atoms with Gasteiger partial charge < -0.3 is 14.5 Å². The van der Waals surface area contributed by atoms with Gasteiger partial charge in [0.2, 0.25) is 5.91 Å². The van der Waals surface area contributed by atoms with E-state index in [2.05, 4.69) is 15.2 Å². The zero-order valence-electron chi connectivity index (χ0n) is 11.0. The molecule has 0 saturated carbocycles. The van der Waals surface area contributed by atoms with Gasteiger partial charge in [0.05, 0.1) is 12.8 Å². The van der Waals surface area contributed by atoms with Gasteiger partial charge in [-0.3, -0.25) is 9.59 Å². The average molecular weight is 277 g/mol. The summed E-state index contributed by atoms with van der Waals surface area (Å²) in [6, 6.07) is 6.53. The van der Waals surface area contributed by atoms with Crippen molar-refractivity contribution in [3.8, 4) is 11.5 Å². The maximum Gasteiger partial charge on any atom is 0.266 e. The fourth-order valence-corrected chi connectivity index (χ4v) is 1.65. The summed E-state index contributed by atoms with van der Waals surface area (Å²) in [6.07, 6.45) is 1.54. The van der Waals surface area contributed by atoms with Crippen molar-refractivity contribution in [1.82, 2.24) is 15.1 Å². The maximum absolute atomic E-state index is 11.7. The number of nitrogens with zero attached hydrogens (tertiary/aromatic N) is 2. The van der Waals surface area contributed by atoms with E-state index in [0.29, 0.717) is 18.0 Å². The standard InChI is InChI=1S/C13H15N3O4/c1-19-9-12(17)14-6-7-16-13(18)5-4-10(15-16)11-3-2-8-20-11/h2-5,8H,6-7,9H2,1H3,(H,14,17). The molecule has 0 radical (unpaired) electrons. The number of hydrogen-bond donors (Lipinski definition) is 1. The molecule has 0 bridgehead atoms. The quantitative estimate of drug-likeness (QED) is 0.818. The van der Waals surface area contributed by atoms with E-state index in [0.717, 1.165) is 0 Å². The number of carbonyl (C=O) groups is 1. The normalized spacial score (nSPS) is 10.4. The third-order valence-electron chi connectivity index (χ3n) is 2.56. The van der Waals surface area contributed by atoms with Crippen LogP contribution in [0.4, 0.5) is 0 Å². The van der Waals surface area contributed by atoms with E-state index in [1.807, 2.05) is 0 Å². The highest BCUT2D eigenvalue weighted by molar-refractivity contribution is 5.77. The highest BCUT2D eigenvalue weighted by atomic mass is 16.5. The lowest BCUT2D eigenvalue weighted by Crippen LogP contribution is -2.33. The van der Waals surface area contributed by atoms with Crippen molar-refractivity contribution in [1.29, 1.82) is 0 Å². The van der Waals surface area contributed by atoms with Crippen molar-refractivity contribution in [3.63, 3.8) is 0 Å². The second-order valence-corrected chi connectivity index (χ2v) is 4.04. The van der Waals surface area contributed by atoms with Gasteiger partial charge in [0, 0.05) is 19.7 Å². The van der Waals surface area contributed by atoms with Crippen LogP contribution in [0.2, 0.25) is 0 Å². The number of methoxy groups -OCH3 is 1. The molecule has 0 aromatic carbocycles. The van der Waals surface area contributed by atoms with Gasteiger partial charge in [0.25, 0.3) is 5.56 Å². The molecule has 2 heterocycles. The summed E-state index contributed by atoms with van der Waals surface area (Å²) in [4.78, 5) is 22.9. The largest absolute Gasteiger partial charge is 0.463 e. The van der Waals surface area contributed by atoms with E-state index in [9.17, 15) is 9.59 Å². The predicted octanol–water partition coefficient (Wildman–Crippen LogP) is 0.266. The van der Waals surface area contributed by atoms with Crippen molar-refractivity contribution >= 4 is 5.91 Å². The highest BCUT2D eigenvalue weighted by Crippen LogP contribution is 2.14. The molecule has 7 heteroatoms. The first kappa shape index (κ1) is 14.0. The van der Waals surface area contributed by atoms with Crippen molar-refractivity contribution < 1.29 is 13.9 Å². The molecule has 2 rings (SSSR count). The van der Waals surface area contributed by atoms with Crippen LogP contribution in [0.5, 0.6) is 0 Å². The minimum Gasteiger partial charge on any atom is -0.463 e. The Bertz CT molecular complexity index is 619. The molecule has 0 atom stereocenters. The molecule has 0 spiro atoms. The van der Waals surface area contributed by atoms with Gasteiger partial charge in [-0.2, -0.15) is 5.10 Å². The number of aromatic nitrogens is 2. The molecule has 0 unspecified atom stereocenters. The number of furan rings is 1. The lowest BCUT2D eigenvalue weighted by atomic mass is 10.3. The minimum atomic E-state index is -0.235. The third-order valence-corrected chi connectivity index (χ3v) is 2.56. The van der Waals surface area contributed by atoms with E-state index >= 15 is 0 Å². The minimum absolute atomic E-state index is 0.00520. The molecule has 1 amide bonds. The zero-order valence-corrected chi connectivity index (χ0v) is 11.0. The first-order valence-corrected chi connectivity index (χ1v) is 6.08. The van der Waals surface area contributed by atoms with Gasteiger partial charge in [-0.25, -0.2) is 4.68 Å². The summed E-state index contributed by atoms with van der Waals surface area (Å²) in [5.74, 6) is 0.352. The van der Waals surface area contributed by atoms with Crippen LogP contribution in [0.3, 0.4) is 0 Å². The summed E-state index contributed by atoms with van der Waals surface area (Å²) in [7, 11) is 1.44. The van der Waals surface area contributed by atoms with E-state index < -0.39 is 0 Å². The maximum atomic E-state index is 11.7. The fraction of sp³-hybridized carbons (Fsp3) is 0.308. The van der Waals surface area contributed by atoms with Crippen molar-refractivity contribution in [2.45, 2.75) is 6.54 Å². The number of hydrogen-bond acceptors (Lipinski definition) is 5. The van der Waals surface area contributed by atoms with Crippen molar-refractivity contribution in [2.75, 3.05) is 20.3 Å². The van der Waals surface area contributed by atoms with Crippen LogP contribution < -0.4 is 10.9 Å². The van der Waals surface area contributed by atoms with Gasteiger partial charge in [-0.05, 0) is 18.2 Å². The summed E-state index contributed by atoms with van der Waals surface area (Å²) in [6.45, 7) is 0.578. The van der Waals surface area contributed by atoms with Gasteiger partial charge in [0.15, 0.2) is 5.76 Å². The van der Waals surface area contributed by atoms with Gasteiger partial charge in [0.1, 0.15) is 12.3 Å². The molecule has 0 saturated heterocycles. The van der Waals surface area contributed by atoms with E-state index in [1.54, 1.807) is 18.2 Å². The molecule has 20 heavy (non-hydrogen) atoms. The van der Waals surface area contributed by atoms with Crippen molar-refractivity contribution in [3.05, 3.63) is 40.9 Å². The van der Waals surface area contributed by atoms with Crippen LogP contribution >= 0.6 is 0 Å². The Morgan fingerprint density at radius 2 is 2.30 bits per heavy atom. The molecule has 1 N–H and O–H groups in total. The number of ether oxygens (including phenoxy) is 1. The summed E-state index contributed by atoms with van der Waals surface area (Å²) >= 11 is 0. The van der Waals surface area contributed by atoms with Gasteiger partial charge in [-0.15, -0.1) is 0 Å². The van der Waals surface area contributed by atoms with Crippen LogP contribution in [0, 0.1) is 0 Å². The highest BCUT2D eigenvalue weighted by Gasteiger charge is 2.06. The molecular weight excluding hydrogens is 262 g/mol. The summed E-state index contributed by atoms with van der Waals surface area (Å²) in [5.41, 5.74) is 0.333. The lowest BCUT2D eigenvalue weighted by Gasteiger charge is -2.07.